The van der Waals surface area contributed by atoms with Crippen LogP contribution in [-0.4, -0.2) is 43.8 Å². The SMILES string of the molecule is C[C@@H]1CN(S(=O)(=O)N[C@H]2CCSc3ccc(Cl)cc32)C[C@H](C)O1. The van der Waals surface area contributed by atoms with Crippen molar-refractivity contribution in [1.29, 1.82) is 0 Å². The minimum atomic E-state index is -3.55. The lowest BCUT2D eigenvalue weighted by atomic mass is 10.1. The number of hydrogen-bond acceptors (Lipinski definition) is 4. The van der Waals surface area contributed by atoms with Crippen LogP contribution in [0.25, 0.3) is 0 Å². The van der Waals surface area contributed by atoms with Crippen LogP contribution in [0.3, 0.4) is 0 Å². The molecule has 8 heteroatoms. The number of nitrogens with one attached hydrogen (secondary N) is 1. The number of rotatable bonds is 3. The van der Waals surface area contributed by atoms with Gasteiger partial charge < -0.3 is 4.74 Å². The summed E-state index contributed by atoms with van der Waals surface area (Å²) in [5, 5.41) is 0.629. The number of morpholine rings is 1. The van der Waals surface area contributed by atoms with Crippen molar-refractivity contribution in [2.75, 3.05) is 18.8 Å². The maximum Gasteiger partial charge on any atom is 0.280 e. The van der Waals surface area contributed by atoms with E-state index in [2.05, 4.69) is 4.72 Å². The Morgan fingerprint density at radius 2 is 2.00 bits per heavy atom. The van der Waals surface area contributed by atoms with E-state index >= 15 is 0 Å². The van der Waals surface area contributed by atoms with Crippen LogP contribution in [0.1, 0.15) is 31.9 Å². The number of nitrogens with zero attached hydrogens (tertiary/aromatic N) is 1. The third kappa shape index (κ3) is 4.03. The van der Waals surface area contributed by atoms with Crippen molar-refractivity contribution in [3.05, 3.63) is 28.8 Å². The molecule has 5 nitrogen and oxygen atoms in total. The van der Waals surface area contributed by atoms with Crippen LogP contribution in [0.5, 0.6) is 0 Å². The molecular weight excluding hydrogens is 356 g/mol. The smallest absolute Gasteiger partial charge is 0.280 e. The monoisotopic (exact) mass is 376 g/mol. The molecule has 0 bridgehead atoms. The number of benzene rings is 1. The van der Waals surface area contributed by atoms with Gasteiger partial charge in [0.2, 0.25) is 0 Å². The minimum Gasteiger partial charge on any atom is -0.373 e. The number of halogens is 1. The fraction of sp³-hybridized carbons (Fsp3) is 0.600. The van der Waals surface area contributed by atoms with E-state index in [0.29, 0.717) is 18.1 Å². The van der Waals surface area contributed by atoms with Crippen LogP contribution in [0.4, 0.5) is 0 Å². The van der Waals surface area contributed by atoms with E-state index < -0.39 is 10.2 Å². The van der Waals surface area contributed by atoms with Crippen molar-refractivity contribution in [3.63, 3.8) is 0 Å². The van der Waals surface area contributed by atoms with Gasteiger partial charge in [-0.05, 0) is 49.8 Å². The fourth-order valence-electron chi connectivity index (χ4n) is 3.07. The van der Waals surface area contributed by atoms with Gasteiger partial charge in [0, 0.05) is 29.0 Å². The Balaban J connectivity index is 1.80. The normalized spacial score (nSPS) is 29.3. The number of thioether (sulfide) groups is 1. The molecule has 0 radical (unpaired) electrons. The van der Waals surface area contributed by atoms with Crippen LogP contribution in [0.15, 0.2) is 23.1 Å². The summed E-state index contributed by atoms with van der Waals surface area (Å²) in [6.07, 6.45) is 0.560. The molecule has 0 aliphatic carbocycles. The highest BCUT2D eigenvalue weighted by atomic mass is 35.5. The lowest BCUT2D eigenvalue weighted by Crippen LogP contribution is -2.52. The second-order valence-corrected chi connectivity index (χ2v) is 9.34. The Bertz CT molecular complexity index is 673. The second kappa shape index (κ2) is 6.90. The van der Waals surface area contributed by atoms with Gasteiger partial charge in [0.1, 0.15) is 0 Å². The van der Waals surface area contributed by atoms with Crippen LogP contribution in [-0.2, 0) is 14.9 Å². The standard InChI is InChI=1S/C15H21ClN2O3S2/c1-10-8-18(9-11(2)21-10)23(19,20)17-14-5-6-22-15-4-3-12(16)7-13(14)15/h3-4,7,10-11,14,17H,5-6,8-9H2,1-2H3/t10-,11+,14-/m0/s1. The topological polar surface area (TPSA) is 58.6 Å². The third-order valence-electron chi connectivity index (χ3n) is 4.03. The Labute approximate surface area is 146 Å². The molecule has 0 amide bonds. The van der Waals surface area contributed by atoms with Crippen LogP contribution < -0.4 is 4.72 Å². The van der Waals surface area contributed by atoms with Crippen molar-refractivity contribution < 1.29 is 13.2 Å². The zero-order valence-corrected chi connectivity index (χ0v) is 15.5. The molecule has 2 aliphatic heterocycles. The summed E-state index contributed by atoms with van der Waals surface area (Å²) in [6, 6.07) is 5.43. The first-order valence-corrected chi connectivity index (χ1v) is 10.5. The summed E-state index contributed by atoms with van der Waals surface area (Å²) in [5.41, 5.74) is 0.965. The molecule has 0 spiro atoms. The van der Waals surface area contributed by atoms with Gasteiger partial charge in [-0.2, -0.15) is 17.4 Å². The van der Waals surface area contributed by atoms with Gasteiger partial charge in [-0.3, -0.25) is 0 Å². The van der Waals surface area contributed by atoms with Crippen molar-refractivity contribution in [3.8, 4) is 0 Å². The Kier molecular flexibility index (Phi) is 5.25. The van der Waals surface area contributed by atoms with Crippen molar-refractivity contribution in [2.45, 2.75) is 43.4 Å². The minimum absolute atomic E-state index is 0.0982. The third-order valence-corrected chi connectivity index (χ3v) is 6.95. The lowest BCUT2D eigenvalue weighted by molar-refractivity contribution is -0.0444. The molecule has 1 fully saturated rings. The number of ether oxygens (including phenoxy) is 1. The Morgan fingerprint density at radius 1 is 1.30 bits per heavy atom. The number of hydrogen-bond donors (Lipinski definition) is 1. The van der Waals surface area contributed by atoms with Crippen molar-refractivity contribution in [1.82, 2.24) is 9.03 Å². The fourth-order valence-corrected chi connectivity index (χ4v) is 5.92. The van der Waals surface area contributed by atoms with E-state index in [4.69, 9.17) is 16.3 Å². The zero-order valence-electron chi connectivity index (χ0n) is 13.2. The molecule has 1 N–H and O–H groups in total. The summed E-state index contributed by atoms with van der Waals surface area (Å²) >= 11 is 7.82. The van der Waals surface area contributed by atoms with E-state index in [1.807, 2.05) is 32.0 Å². The van der Waals surface area contributed by atoms with Gasteiger partial charge in [0.05, 0.1) is 12.2 Å². The molecule has 128 valence electrons. The van der Waals surface area contributed by atoms with Crippen LogP contribution >= 0.6 is 23.4 Å². The first kappa shape index (κ1) is 17.5. The molecule has 23 heavy (non-hydrogen) atoms. The Morgan fingerprint density at radius 3 is 2.70 bits per heavy atom. The molecular formula is C15H21ClN2O3S2. The van der Waals surface area contributed by atoms with E-state index in [1.165, 1.54) is 4.31 Å². The summed E-state index contributed by atoms with van der Waals surface area (Å²) < 4.78 is 35.5. The molecule has 2 aliphatic rings. The average Bonchev–Trinajstić information content (AvgIpc) is 2.46. The summed E-state index contributed by atoms with van der Waals surface area (Å²) in [7, 11) is -3.55. The zero-order chi connectivity index (χ0) is 16.6. The van der Waals surface area contributed by atoms with Crippen molar-refractivity contribution in [2.24, 2.45) is 0 Å². The van der Waals surface area contributed by atoms with Gasteiger partial charge in [0.15, 0.2) is 0 Å². The highest BCUT2D eigenvalue weighted by Gasteiger charge is 2.34. The summed E-state index contributed by atoms with van der Waals surface area (Å²) in [5.74, 6) is 0.887. The van der Waals surface area contributed by atoms with Gasteiger partial charge in [-0.15, -0.1) is 11.8 Å². The van der Waals surface area contributed by atoms with Gasteiger partial charge in [-0.25, -0.2) is 0 Å². The largest absolute Gasteiger partial charge is 0.373 e. The summed E-state index contributed by atoms with van der Waals surface area (Å²) in [4.78, 5) is 1.09. The predicted molar refractivity (Wildman–Crippen MR) is 93.2 cm³/mol. The molecule has 1 aromatic carbocycles. The van der Waals surface area contributed by atoms with Gasteiger partial charge in [0.25, 0.3) is 10.2 Å². The van der Waals surface area contributed by atoms with Gasteiger partial charge in [-0.1, -0.05) is 11.6 Å². The lowest BCUT2D eigenvalue weighted by Gasteiger charge is -2.36. The van der Waals surface area contributed by atoms with Crippen LogP contribution in [0.2, 0.25) is 5.02 Å². The van der Waals surface area contributed by atoms with E-state index in [-0.39, 0.29) is 18.2 Å². The van der Waals surface area contributed by atoms with Crippen molar-refractivity contribution >= 4 is 33.6 Å². The first-order valence-electron chi connectivity index (χ1n) is 7.70. The summed E-state index contributed by atoms with van der Waals surface area (Å²) in [6.45, 7) is 4.54. The molecule has 3 rings (SSSR count). The highest BCUT2D eigenvalue weighted by molar-refractivity contribution is 7.99. The van der Waals surface area contributed by atoms with Gasteiger partial charge >= 0.3 is 0 Å². The predicted octanol–water partition coefficient (Wildman–Crippen LogP) is 2.82. The van der Waals surface area contributed by atoms with E-state index in [0.717, 1.165) is 22.6 Å². The Hall–Kier alpha value is -0.310. The quantitative estimate of drug-likeness (QED) is 0.881. The second-order valence-electron chi connectivity index (χ2n) is 6.07. The highest BCUT2D eigenvalue weighted by Crippen LogP contribution is 2.38. The van der Waals surface area contributed by atoms with E-state index in [9.17, 15) is 8.42 Å². The van der Waals surface area contributed by atoms with E-state index in [1.54, 1.807) is 11.8 Å². The molecule has 0 aromatic heterocycles. The molecule has 1 saturated heterocycles. The molecule has 0 saturated carbocycles. The average molecular weight is 377 g/mol. The molecule has 1 aromatic rings. The van der Waals surface area contributed by atoms with Crippen LogP contribution in [0, 0.1) is 0 Å². The maximum atomic E-state index is 12.8. The first-order chi connectivity index (χ1) is 10.8. The molecule has 3 atom stereocenters. The molecule has 0 unspecified atom stereocenters. The molecule has 2 heterocycles. The number of fused-ring (bicyclic) bond motifs is 1. The maximum absolute atomic E-state index is 12.8.